The van der Waals surface area contributed by atoms with Gasteiger partial charge in [-0.05, 0) is 17.2 Å². The lowest BCUT2D eigenvalue weighted by Crippen LogP contribution is -2.50. The molecule has 6 nitrogen and oxygen atoms in total. The molecule has 1 amide bonds. The Balaban J connectivity index is 1.64. The van der Waals surface area contributed by atoms with Crippen LogP contribution in [0.5, 0.6) is 0 Å². The normalized spacial score (nSPS) is 17.4. The Hall–Kier alpha value is -2.28. The number of nitrogens with one attached hydrogen (secondary N) is 1. The van der Waals surface area contributed by atoms with E-state index in [2.05, 4.69) is 20.9 Å². The molecular formula is C18H22N4O2. The minimum Gasteiger partial charge on any atom is -0.296 e. The molecule has 0 radical (unpaired) electrons. The average molecular weight is 326 g/mol. The van der Waals surface area contributed by atoms with Crippen LogP contribution in [0.3, 0.4) is 0 Å². The lowest BCUT2D eigenvalue weighted by Gasteiger charge is -2.38. The van der Waals surface area contributed by atoms with Crippen LogP contribution in [0.2, 0.25) is 0 Å². The van der Waals surface area contributed by atoms with Gasteiger partial charge in [-0.1, -0.05) is 36.4 Å². The fraction of sp³-hybridized carbons (Fsp3) is 0.333. The van der Waals surface area contributed by atoms with Gasteiger partial charge in [0.1, 0.15) is 6.04 Å². The molecule has 126 valence electrons. The van der Waals surface area contributed by atoms with Gasteiger partial charge in [0.25, 0.3) is 5.91 Å². The highest BCUT2D eigenvalue weighted by Crippen LogP contribution is 2.22. The zero-order chi connectivity index (χ0) is 16.8. The molecule has 1 unspecified atom stereocenters. The highest BCUT2D eigenvalue weighted by atomic mass is 16.5. The lowest BCUT2D eigenvalue weighted by atomic mass is 10.0. The Morgan fingerprint density at radius 2 is 1.88 bits per heavy atom. The van der Waals surface area contributed by atoms with Crippen molar-refractivity contribution < 1.29 is 10.0 Å². The summed E-state index contributed by atoms with van der Waals surface area (Å²) in [5, 5.41) is 9.10. The van der Waals surface area contributed by atoms with E-state index in [0.29, 0.717) is 0 Å². The summed E-state index contributed by atoms with van der Waals surface area (Å²) >= 11 is 0. The second-order valence-corrected chi connectivity index (χ2v) is 5.96. The third-order valence-electron chi connectivity index (χ3n) is 4.37. The minimum absolute atomic E-state index is 0.387. The first-order valence-corrected chi connectivity index (χ1v) is 8.12. The summed E-state index contributed by atoms with van der Waals surface area (Å²) in [6.07, 6.45) is 3.66. The Morgan fingerprint density at radius 3 is 2.50 bits per heavy atom. The predicted octanol–water partition coefficient (Wildman–Crippen LogP) is 1.45. The summed E-state index contributed by atoms with van der Waals surface area (Å²) < 4.78 is 0. The maximum absolute atomic E-state index is 12.2. The van der Waals surface area contributed by atoms with E-state index in [1.54, 1.807) is 6.20 Å². The summed E-state index contributed by atoms with van der Waals surface area (Å²) in [5.41, 5.74) is 3.90. The number of carbonyl (C=O) groups is 1. The lowest BCUT2D eigenvalue weighted by molar-refractivity contribution is -0.136. The number of benzene rings is 1. The van der Waals surface area contributed by atoms with Crippen molar-refractivity contribution in [1.29, 1.82) is 0 Å². The average Bonchev–Trinajstić information content (AvgIpc) is 2.65. The number of hydroxylamine groups is 1. The van der Waals surface area contributed by atoms with Gasteiger partial charge in [-0.25, -0.2) is 5.48 Å². The van der Waals surface area contributed by atoms with Crippen LogP contribution >= 0.6 is 0 Å². The van der Waals surface area contributed by atoms with E-state index in [0.717, 1.165) is 38.3 Å². The van der Waals surface area contributed by atoms with Gasteiger partial charge in [-0.2, -0.15) is 0 Å². The molecule has 0 aliphatic carbocycles. The molecule has 3 rings (SSSR count). The van der Waals surface area contributed by atoms with Crippen molar-refractivity contribution >= 4 is 5.91 Å². The molecule has 2 heterocycles. The van der Waals surface area contributed by atoms with Gasteiger partial charge in [0.05, 0.1) is 0 Å². The summed E-state index contributed by atoms with van der Waals surface area (Å²) in [4.78, 5) is 20.8. The van der Waals surface area contributed by atoms with E-state index in [1.807, 2.05) is 48.1 Å². The highest BCUT2D eigenvalue weighted by molar-refractivity contribution is 5.82. The van der Waals surface area contributed by atoms with Crippen molar-refractivity contribution in [3.8, 4) is 0 Å². The second-order valence-electron chi connectivity index (χ2n) is 5.96. The van der Waals surface area contributed by atoms with Gasteiger partial charge in [0, 0.05) is 45.1 Å². The number of pyridine rings is 1. The fourth-order valence-corrected chi connectivity index (χ4v) is 3.15. The summed E-state index contributed by atoms with van der Waals surface area (Å²) in [6, 6.07) is 13.1. The molecule has 1 aromatic heterocycles. The third-order valence-corrected chi connectivity index (χ3v) is 4.37. The molecular weight excluding hydrogens is 304 g/mol. The maximum atomic E-state index is 12.2. The Labute approximate surface area is 141 Å². The van der Waals surface area contributed by atoms with E-state index >= 15 is 0 Å². The number of nitrogens with zero attached hydrogens (tertiary/aromatic N) is 3. The third kappa shape index (κ3) is 3.97. The quantitative estimate of drug-likeness (QED) is 0.643. The highest BCUT2D eigenvalue weighted by Gasteiger charge is 2.30. The Morgan fingerprint density at radius 1 is 1.12 bits per heavy atom. The zero-order valence-corrected chi connectivity index (χ0v) is 13.5. The number of amides is 1. The van der Waals surface area contributed by atoms with E-state index in [9.17, 15) is 4.79 Å². The monoisotopic (exact) mass is 326 g/mol. The SMILES string of the molecule is O=C(NO)C(c1ccccc1)N1CCN(Cc2cccnc2)CC1. The zero-order valence-electron chi connectivity index (χ0n) is 13.5. The summed E-state index contributed by atoms with van der Waals surface area (Å²) in [6.45, 7) is 4.15. The first-order valence-electron chi connectivity index (χ1n) is 8.12. The molecule has 2 N–H and O–H groups in total. The van der Waals surface area contributed by atoms with Crippen LogP contribution in [-0.4, -0.2) is 52.1 Å². The van der Waals surface area contributed by atoms with Crippen molar-refractivity contribution in [1.82, 2.24) is 20.3 Å². The molecule has 24 heavy (non-hydrogen) atoms. The van der Waals surface area contributed by atoms with Gasteiger partial charge < -0.3 is 0 Å². The number of aromatic nitrogens is 1. The molecule has 6 heteroatoms. The predicted molar refractivity (Wildman–Crippen MR) is 90.2 cm³/mol. The van der Waals surface area contributed by atoms with Crippen molar-refractivity contribution in [2.45, 2.75) is 12.6 Å². The molecule has 0 spiro atoms. The topological polar surface area (TPSA) is 68.7 Å². The maximum Gasteiger partial charge on any atom is 0.265 e. The largest absolute Gasteiger partial charge is 0.296 e. The fourth-order valence-electron chi connectivity index (χ4n) is 3.15. The van der Waals surface area contributed by atoms with E-state index in [-0.39, 0.29) is 5.91 Å². The van der Waals surface area contributed by atoms with E-state index in [1.165, 1.54) is 5.56 Å². The molecule has 1 aliphatic rings. The Kier molecular flexibility index (Phi) is 5.53. The van der Waals surface area contributed by atoms with E-state index in [4.69, 9.17) is 5.21 Å². The molecule has 1 fully saturated rings. The van der Waals surface area contributed by atoms with Gasteiger partial charge in [0.2, 0.25) is 0 Å². The molecule has 1 aliphatic heterocycles. The Bertz CT molecular complexity index is 643. The molecule has 0 bridgehead atoms. The van der Waals surface area contributed by atoms with Gasteiger partial charge in [-0.15, -0.1) is 0 Å². The number of hydrogen-bond donors (Lipinski definition) is 2. The van der Waals surface area contributed by atoms with Gasteiger partial charge in [-0.3, -0.25) is 24.8 Å². The molecule has 1 saturated heterocycles. The molecule has 1 aromatic carbocycles. The van der Waals surface area contributed by atoms with Crippen molar-refractivity contribution in [3.05, 3.63) is 66.0 Å². The first-order chi connectivity index (χ1) is 11.8. The summed E-state index contributed by atoms with van der Waals surface area (Å²) in [5.74, 6) is -0.387. The molecule has 0 saturated carbocycles. The summed E-state index contributed by atoms with van der Waals surface area (Å²) in [7, 11) is 0. The minimum atomic E-state index is -0.461. The number of hydrogen-bond acceptors (Lipinski definition) is 5. The van der Waals surface area contributed by atoms with Crippen LogP contribution < -0.4 is 5.48 Å². The van der Waals surface area contributed by atoms with Crippen molar-refractivity contribution in [2.24, 2.45) is 0 Å². The molecule has 1 atom stereocenters. The second kappa shape index (κ2) is 8.01. The van der Waals surface area contributed by atoms with Crippen molar-refractivity contribution in [3.63, 3.8) is 0 Å². The van der Waals surface area contributed by atoms with Crippen LogP contribution in [0.1, 0.15) is 17.2 Å². The number of carbonyl (C=O) groups excluding carboxylic acids is 1. The van der Waals surface area contributed by atoms with Crippen molar-refractivity contribution in [2.75, 3.05) is 26.2 Å². The van der Waals surface area contributed by atoms with Crippen LogP contribution in [0, 0.1) is 0 Å². The van der Waals surface area contributed by atoms with E-state index < -0.39 is 6.04 Å². The van der Waals surface area contributed by atoms with Crippen LogP contribution in [-0.2, 0) is 11.3 Å². The number of rotatable bonds is 5. The van der Waals surface area contributed by atoms with Crippen LogP contribution in [0.15, 0.2) is 54.9 Å². The number of piperazine rings is 1. The first kappa shape index (κ1) is 16.6. The molecule has 2 aromatic rings. The van der Waals surface area contributed by atoms with Gasteiger partial charge >= 0.3 is 0 Å². The standard InChI is InChI=1S/C18H22N4O2/c23-18(20-24)17(16-6-2-1-3-7-16)22-11-9-21(10-12-22)14-15-5-4-8-19-13-15/h1-8,13,17,24H,9-12,14H2,(H,20,23). The van der Waals surface area contributed by atoms with Crippen LogP contribution in [0.4, 0.5) is 0 Å². The van der Waals surface area contributed by atoms with Gasteiger partial charge in [0.15, 0.2) is 0 Å². The smallest absolute Gasteiger partial charge is 0.265 e. The van der Waals surface area contributed by atoms with Crippen LogP contribution in [0.25, 0.3) is 0 Å².